The van der Waals surface area contributed by atoms with Gasteiger partial charge in [0.25, 0.3) is 5.91 Å². The predicted molar refractivity (Wildman–Crippen MR) is 93.1 cm³/mol. The Hall–Kier alpha value is -3.28. The van der Waals surface area contributed by atoms with Gasteiger partial charge in [-0.05, 0) is 41.8 Å². The zero-order valence-electron chi connectivity index (χ0n) is 13.6. The molecule has 6 heteroatoms. The van der Waals surface area contributed by atoms with E-state index >= 15 is 0 Å². The van der Waals surface area contributed by atoms with Crippen LogP contribution in [0.25, 0.3) is 0 Å². The number of amides is 1. The van der Waals surface area contributed by atoms with Crippen LogP contribution in [0.4, 0.5) is 10.2 Å². The van der Waals surface area contributed by atoms with Crippen molar-refractivity contribution in [1.82, 2.24) is 9.55 Å². The van der Waals surface area contributed by atoms with Crippen LogP contribution in [0, 0.1) is 5.82 Å². The number of anilines is 1. The first-order valence-electron chi connectivity index (χ1n) is 7.69. The summed E-state index contributed by atoms with van der Waals surface area (Å²) in [5.41, 5.74) is 1.94. The van der Waals surface area contributed by atoms with Crippen molar-refractivity contribution in [1.29, 1.82) is 0 Å². The number of nitrogens with one attached hydrogen (secondary N) is 1. The molecule has 0 aliphatic carbocycles. The molecule has 0 atom stereocenters. The number of hydrogen-bond acceptors (Lipinski definition) is 3. The number of carbonyl (C=O) groups excluding carboxylic acids is 1. The summed E-state index contributed by atoms with van der Waals surface area (Å²) < 4.78 is 14.5. The second kappa shape index (κ2) is 7.09. The molecule has 5 nitrogen and oxygen atoms in total. The molecule has 0 bridgehead atoms. The minimum Gasteiger partial charge on any atom is -0.318 e. The maximum absolute atomic E-state index is 13.2. The molecule has 3 rings (SSSR count). The van der Waals surface area contributed by atoms with Crippen molar-refractivity contribution in [2.75, 3.05) is 5.32 Å². The topological polar surface area (TPSA) is 64.0 Å². The zero-order chi connectivity index (χ0) is 17.8. The summed E-state index contributed by atoms with van der Waals surface area (Å²) in [6, 6.07) is 12.7. The number of aryl methyl sites for hydroxylation is 1. The van der Waals surface area contributed by atoms with Gasteiger partial charge in [-0.25, -0.2) is 9.37 Å². The highest BCUT2D eigenvalue weighted by Crippen LogP contribution is 2.12. The van der Waals surface area contributed by atoms with Gasteiger partial charge in [0, 0.05) is 25.5 Å². The van der Waals surface area contributed by atoms with Gasteiger partial charge in [0.05, 0.1) is 5.56 Å². The third-order valence-electron chi connectivity index (χ3n) is 3.71. The molecule has 2 aromatic heterocycles. The third kappa shape index (κ3) is 4.17. The number of aromatic nitrogens is 2. The van der Waals surface area contributed by atoms with E-state index in [0.29, 0.717) is 17.8 Å². The van der Waals surface area contributed by atoms with Crippen molar-refractivity contribution >= 4 is 11.7 Å². The molecule has 126 valence electrons. The minimum absolute atomic E-state index is 0.184. The van der Waals surface area contributed by atoms with Gasteiger partial charge < -0.3 is 9.88 Å². The standard InChI is InChI=1S/C19H16FN3O2/c1-23-12-15(6-8-18(23)24)19(25)22-17-7-5-14(11-21-17)9-13-3-2-4-16(20)10-13/h2-8,10-12H,9H2,1H3,(H,21,22,25). The van der Waals surface area contributed by atoms with Gasteiger partial charge in [0.15, 0.2) is 0 Å². The maximum atomic E-state index is 13.2. The van der Waals surface area contributed by atoms with Crippen molar-refractivity contribution in [3.8, 4) is 0 Å². The van der Waals surface area contributed by atoms with Gasteiger partial charge in [-0.2, -0.15) is 0 Å². The molecule has 2 heterocycles. The quantitative estimate of drug-likeness (QED) is 0.796. The van der Waals surface area contributed by atoms with E-state index < -0.39 is 0 Å². The van der Waals surface area contributed by atoms with Gasteiger partial charge in [-0.3, -0.25) is 9.59 Å². The number of nitrogens with zero attached hydrogens (tertiary/aromatic N) is 2. The van der Waals surface area contributed by atoms with Crippen LogP contribution in [0.15, 0.2) is 65.7 Å². The average molecular weight is 337 g/mol. The Labute approximate surface area is 143 Å². The highest BCUT2D eigenvalue weighted by atomic mass is 19.1. The largest absolute Gasteiger partial charge is 0.318 e. The lowest BCUT2D eigenvalue weighted by molar-refractivity contribution is 0.102. The molecule has 1 aromatic carbocycles. The molecule has 0 unspecified atom stereocenters. The number of rotatable bonds is 4. The van der Waals surface area contributed by atoms with E-state index in [-0.39, 0.29) is 17.3 Å². The molecule has 0 radical (unpaired) electrons. The molecule has 0 aliphatic heterocycles. The van der Waals surface area contributed by atoms with Crippen LogP contribution < -0.4 is 10.9 Å². The van der Waals surface area contributed by atoms with Gasteiger partial charge in [0.2, 0.25) is 5.56 Å². The Morgan fingerprint density at radius 1 is 1.16 bits per heavy atom. The van der Waals surface area contributed by atoms with Crippen LogP contribution in [-0.4, -0.2) is 15.5 Å². The normalized spacial score (nSPS) is 10.5. The lowest BCUT2D eigenvalue weighted by Crippen LogP contribution is -2.19. The highest BCUT2D eigenvalue weighted by Gasteiger charge is 2.08. The second-order valence-corrected chi connectivity index (χ2v) is 5.68. The van der Waals surface area contributed by atoms with Crippen LogP contribution >= 0.6 is 0 Å². The molecule has 0 spiro atoms. The van der Waals surface area contributed by atoms with E-state index in [1.807, 2.05) is 12.1 Å². The van der Waals surface area contributed by atoms with E-state index in [4.69, 9.17) is 0 Å². The van der Waals surface area contributed by atoms with Crippen LogP contribution in [0.5, 0.6) is 0 Å². The number of carbonyl (C=O) groups is 1. The fourth-order valence-electron chi connectivity index (χ4n) is 2.40. The summed E-state index contributed by atoms with van der Waals surface area (Å²) in [5, 5.41) is 2.68. The number of halogens is 1. The third-order valence-corrected chi connectivity index (χ3v) is 3.71. The van der Waals surface area contributed by atoms with Crippen LogP contribution in [0.2, 0.25) is 0 Å². The molecule has 25 heavy (non-hydrogen) atoms. The first-order valence-corrected chi connectivity index (χ1v) is 7.69. The van der Waals surface area contributed by atoms with Crippen molar-refractivity contribution in [3.63, 3.8) is 0 Å². The Morgan fingerprint density at radius 3 is 2.68 bits per heavy atom. The molecule has 1 N–H and O–H groups in total. The molecular formula is C19H16FN3O2. The smallest absolute Gasteiger partial charge is 0.258 e. The minimum atomic E-state index is -0.346. The number of benzene rings is 1. The van der Waals surface area contributed by atoms with Crippen LogP contribution in [-0.2, 0) is 13.5 Å². The fraction of sp³-hybridized carbons (Fsp3) is 0.105. The molecular weight excluding hydrogens is 321 g/mol. The van der Waals surface area contributed by atoms with Crippen molar-refractivity contribution in [2.45, 2.75) is 6.42 Å². The lowest BCUT2D eigenvalue weighted by atomic mass is 10.1. The first-order chi connectivity index (χ1) is 12.0. The van der Waals surface area contributed by atoms with E-state index in [9.17, 15) is 14.0 Å². The van der Waals surface area contributed by atoms with Crippen molar-refractivity contribution in [3.05, 3.63) is 93.8 Å². The Morgan fingerprint density at radius 2 is 2.00 bits per heavy atom. The monoisotopic (exact) mass is 337 g/mol. The van der Waals surface area contributed by atoms with Gasteiger partial charge in [-0.15, -0.1) is 0 Å². The molecule has 0 aliphatic rings. The predicted octanol–water partition coefficient (Wildman–Crippen LogP) is 2.76. The van der Waals surface area contributed by atoms with Gasteiger partial charge in [-0.1, -0.05) is 18.2 Å². The van der Waals surface area contributed by atoms with E-state index in [2.05, 4.69) is 10.3 Å². The zero-order valence-corrected chi connectivity index (χ0v) is 13.6. The molecule has 0 saturated carbocycles. The molecule has 0 fully saturated rings. The molecule has 0 saturated heterocycles. The summed E-state index contributed by atoms with van der Waals surface area (Å²) >= 11 is 0. The van der Waals surface area contributed by atoms with E-state index in [0.717, 1.165) is 11.1 Å². The maximum Gasteiger partial charge on any atom is 0.258 e. The summed E-state index contributed by atoms with van der Waals surface area (Å²) in [6.07, 6.45) is 3.66. The highest BCUT2D eigenvalue weighted by molar-refractivity contribution is 6.03. The summed E-state index contributed by atoms with van der Waals surface area (Å²) in [6.45, 7) is 0. The van der Waals surface area contributed by atoms with Gasteiger partial charge >= 0.3 is 0 Å². The SMILES string of the molecule is Cn1cc(C(=O)Nc2ccc(Cc3cccc(F)c3)cn2)ccc1=O. The fourth-order valence-corrected chi connectivity index (χ4v) is 2.40. The molecule has 1 amide bonds. The Bertz CT molecular complexity index is 965. The van der Waals surface area contributed by atoms with Crippen molar-refractivity contribution in [2.24, 2.45) is 7.05 Å². The number of hydrogen-bond donors (Lipinski definition) is 1. The first kappa shape index (κ1) is 16.6. The van der Waals surface area contributed by atoms with Gasteiger partial charge in [0.1, 0.15) is 11.6 Å². The summed E-state index contributed by atoms with van der Waals surface area (Å²) in [5.74, 6) is -0.213. The van der Waals surface area contributed by atoms with Crippen LogP contribution in [0.1, 0.15) is 21.5 Å². The summed E-state index contributed by atoms with van der Waals surface area (Å²) in [7, 11) is 1.58. The van der Waals surface area contributed by atoms with Crippen LogP contribution in [0.3, 0.4) is 0 Å². The summed E-state index contributed by atoms with van der Waals surface area (Å²) in [4.78, 5) is 27.7. The van der Waals surface area contributed by atoms with Crippen molar-refractivity contribution < 1.29 is 9.18 Å². The lowest BCUT2D eigenvalue weighted by Gasteiger charge is -2.07. The Kier molecular flexibility index (Phi) is 4.70. The second-order valence-electron chi connectivity index (χ2n) is 5.68. The Balaban J connectivity index is 1.68. The van der Waals surface area contributed by atoms with E-state index in [1.165, 1.54) is 35.0 Å². The molecule has 3 aromatic rings. The number of pyridine rings is 2. The average Bonchev–Trinajstić information content (AvgIpc) is 2.59. The van der Waals surface area contributed by atoms with E-state index in [1.54, 1.807) is 25.4 Å².